The highest BCUT2D eigenvalue weighted by Gasteiger charge is 2.17. The molecule has 0 aliphatic rings. The van der Waals surface area contributed by atoms with E-state index in [1.165, 1.54) is 6.07 Å². The fourth-order valence-corrected chi connectivity index (χ4v) is 2.50. The van der Waals surface area contributed by atoms with Crippen LogP contribution >= 0.6 is 0 Å². The van der Waals surface area contributed by atoms with Gasteiger partial charge in [-0.2, -0.15) is 0 Å². The average Bonchev–Trinajstić information content (AvgIpc) is 2.51. The van der Waals surface area contributed by atoms with E-state index in [0.717, 1.165) is 6.07 Å². The normalized spacial score (nSPS) is 11.5. The minimum Gasteiger partial charge on any atom is -0.405 e. The lowest BCUT2D eigenvalue weighted by Crippen LogP contribution is -2.07. The van der Waals surface area contributed by atoms with E-state index in [2.05, 4.69) is 0 Å². The highest BCUT2D eigenvalue weighted by Crippen LogP contribution is 2.17. The fraction of sp³-hybridized carbons (Fsp3) is 0.500. The van der Waals surface area contributed by atoms with E-state index in [4.69, 9.17) is 4.42 Å². The van der Waals surface area contributed by atoms with Crippen molar-refractivity contribution in [1.29, 1.82) is 0 Å². The summed E-state index contributed by atoms with van der Waals surface area (Å²) in [6, 6.07) is 2.46. The molecule has 15 heavy (non-hydrogen) atoms. The van der Waals surface area contributed by atoms with E-state index in [0.29, 0.717) is 6.42 Å². The van der Waals surface area contributed by atoms with Gasteiger partial charge in [-0.15, -0.1) is 0 Å². The number of hydrogen-bond acceptors (Lipinski definition) is 5. The molecular weight excluding hydrogens is 222 g/mol. The van der Waals surface area contributed by atoms with Crippen molar-refractivity contribution in [2.45, 2.75) is 19.1 Å². The summed E-state index contributed by atoms with van der Waals surface area (Å²) < 4.78 is 27.4. The van der Waals surface area contributed by atoms with Gasteiger partial charge >= 0.3 is 5.88 Å². The van der Waals surface area contributed by atoms with Crippen LogP contribution in [0.15, 0.2) is 16.5 Å². The zero-order valence-electron chi connectivity index (χ0n) is 8.17. The highest BCUT2D eigenvalue weighted by molar-refractivity contribution is 7.90. The van der Waals surface area contributed by atoms with Crippen molar-refractivity contribution < 1.29 is 17.8 Å². The number of furan rings is 1. The van der Waals surface area contributed by atoms with Crippen LogP contribution in [0.25, 0.3) is 0 Å². The minimum atomic E-state index is -3.21. The summed E-state index contributed by atoms with van der Waals surface area (Å²) in [4.78, 5) is 9.57. The molecule has 0 bridgehead atoms. The monoisotopic (exact) mass is 233 g/mol. The van der Waals surface area contributed by atoms with Crippen molar-refractivity contribution in [3.8, 4) is 0 Å². The third-order valence-corrected chi connectivity index (χ3v) is 3.46. The predicted molar refractivity (Wildman–Crippen MR) is 53.1 cm³/mol. The van der Waals surface area contributed by atoms with E-state index < -0.39 is 20.6 Å². The fourth-order valence-electron chi connectivity index (χ4n) is 1.14. The molecule has 0 aliphatic heterocycles. The second kappa shape index (κ2) is 4.43. The third-order valence-electron chi connectivity index (χ3n) is 1.70. The second-order valence-corrected chi connectivity index (χ2v) is 5.27. The van der Waals surface area contributed by atoms with Crippen LogP contribution in [0.3, 0.4) is 0 Å². The van der Waals surface area contributed by atoms with Crippen molar-refractivity contribution >= 4 is 15.7 Å². The average molecular weight is 233 g/mol. The molecule has 0 unspecified atom stereocenters. The van der Waals surface area contributed by atoms with E-state index in [-0.39, 0.29) is 17.3 Å². The molecule has 7 heteroatoms. The Balaban J connectivity index is 2.77. The van der Waals surface area contributed by atoms with E-state index in [1.807, 2.05) is 0 Å². The molecule has 0 fully saturated rings. The molecule has 1 aromatic heterocycles. The van der Waals surface area contributed by atoms with E-state index in [9.17, 15) is 18.5 Å². The maximum absolute atomic E-state index is 11.3. The Labute approximate surface area is 87.0 Å². The molecule has 0 saturated heterocycles. The first-order valence-electron chi connectivity index (χ1n) is 4.38. The Morgan fingerprint density at radius 3 is 2.60 bits per heavy atom. The molecule has 6 nitrogen and oxygen atoms in total. The van der Waals surface area contributed by atoms with Gasteiger partial charge in [0.25, 0.3) is 0 Å². The molecule has 0 amide bonds. The predicted octanol–water partition coefficient (Wildman–Crippen LogP) is 1.51. The van der Waals surface area contributed by atoms with Crippen LogP contribution in [0, 0.1) is 10.1 Å². The highest BCUT2D eigenvalue weighted by atomic mass is 32.2. The molecule has 0 atom stereocenters. The van der Waals surface area contributed by atoms with Crippen molar-refractivity contribution in [3.05, 3.63) is 28.0 Å². The largest absolute Gasteiger partial charge is 0.433 e. The first-order valence-corrected chi connectivity index (χ1v) is 6.20. The van der Waals surface area contributed by atoms with Crippen LogP contribution in [0.4, 0.5) is 5.88 Å². The Kier molecular flexibility index (Phi) is 3.46. The molecule has 84 valence electrons. The van der Waals surface area contributed by atoms with Crippen LogP contribution in [0.1, 0.15) is 19.1 Å². The molecule has 0 radical (unpaired) electrons. The van der Waals surface area contributed by atoms with Gasteiger partial charge in [0, 0.05) is 0 Å². The van der Waals surface area contributed by atoms with E-state index in [1.54, 1.807) is 6.92 Å². The lowest BCUT2D eigenvalue weighted by Gasteiger charge is -1.98. The third kappa shape index (κ3) is 3.35. The quantitative estimate of drug-likeness (QED) is 0.568. The van der Waals surface area contributed by atoms with Gasteiger partial charge in [0.1, 0.15) is 16.4 Å². The van der Waals surface area contributed by atoms with Crippen LogP contribution < -0.4 is 0 Å². The minimum absolute atomic E-state index is 0.0570. The summed E-state index contributed by atoms with van der Waals surface area (Å²) in [5.74, 6) is -0.553. The van der Waals surface area contributed by atoms with Crippen molar-refractivity contribution in [1.82, 2.24) is 0 Å². The van der Waals surface area contributed by atoms with Gasteiger partial charge in [-0.05, 0) is 12.5 Å². The van der Waals surface area contributed by atoms with Crippen LogP contribution in [-0.4, -0.2) is 19.1 Å². The Hall–Kier alpha value is -1.37. The molecular formula is C8H11NO5S. The van der Waals surface area contributed by atoms with Crippen molar-refractivity contribution in [2.24, 2.45) is 0 Å². The summed E-state index contributed by atoms with van der Waals surface area (Å²) in [6.45, 7) is 1.75. The molecule has 0 N–H and O–H groups in total. The summed E-state index contributed by atoms with van der Waals surface area (Å²) in [7, 11) is -3.21. The van der Waals surface area contributed by atoms with Crippen LogP contribution in [0.5, 0.6) is 0 Å². The Morgan fingerprint density at radius 1 is 1.47 bits per heavy atom. The van der Waals surface area contributed by atoms with Gasteiger partial charge in [0.15, 0.2) is 9.84 Å². The summed E-state index contributed by atoms with van der Waals surface area (Å²) in [6.07, 6.45) is 0.519. The van der Waals surface area contributed by atoms with Crippen LogP contribution in [0.2, 0.25) is 0 Å². The van der Waals surface area contributed by atoms with Gasteiger partial charge in [-0.3, -0.25) is 10.1 Å². The summed E-state index contributed by atoms with van der Waals surface area (Å²) >= 11 is 0. The number of hydrogen-bond donors (Lipinski definition) is 0. The summed E-state index contributed by atoms with van der Waals surface area (Å²) in [5.41, 5.74) is 0. The first kappa shape index (κ1) is 11.7. The molecule has 1 aromatic rings. The number of nitro groups is 1. The van der Waals surface area contributed by atoms with Gasteiger partial charge in [-0.25, -0.2) is 8.42 Å². The number of sulfone groups is 1. The molecule has 0 aliphatic carbocycles. The van der Waals surface area contributed by atoms with Crippen molar-refractivity contribution in [2.75, 3.05) is 5.75 Å². The van der Waals surface area contributed by atoms with Crippen molar-refractivity contribution in [3.63, 3.8) is 0 Å². The smallest absolute Gasteiger partial charge is 0.405 e. The lowest BCUT2D eigenvalue weighted by atomic mass is 10.5. The Morgan fingerprint density at radius 2 is 2.13 bits per heavy atom. The zero-order valence-corrected chi connectivity index (χ0v) is 8.99. The number of nitrogens with zero attached hydrogens (tertiary/aromatic N) is 1. The van der Waals surface area contributed by atoms with E-state index >= 15 is 0 Å². The Bertz CT molecular complexity index is 447. The van der Waals surface area contributed by atoms with Gasteiger partial charge < -0.3 is 4.42 Å². The molecule has 0 spiro atoms. The molecule has 1 heterocycles. The van der Waals surface area contributed by atoms with Gasteiger partial charge in [0.05, 0.1) is 11.8 Å². The standard InChI is InChI=1S/C8H11NO5S/c1-2-5-15(12,13)6-7-3-4-8(14-7)9(10)11/h3-4H,2,5-6H2,1H3. The van der Waals surface area contributed by atoms with Gasteiger partial charge in [-0.1, -0.05) is 6.92 Å². The lowest BCUT2D eigenvalue weighted by molar-refractivity contribution is -0.402. The first-order chi connectivity index (χ1) is 6.94. The topological polar surface area (TPSA) is 90.4 Å². The van der Waals surface area contributed by atoms with Gasteiger partial charge in [0.2, 0.25) is 0 Å². The maximum atomic E-state index is 11.3. The van der Waals surface area contributed by atoms with Crippen LogP contribution in [-0.2, 0) is 15.6 Å². The molecule has 0 aromatic carbocycles. The maximum Gasteiger partial charge on any atom is 0.433 e. The molecule has 1 rings (SSSR count). The zero-order chi connectivity index (χ0) is 11.5. The number of rotatable bonds is 5. The SMILES string of the molecule is CCCS(=O)(=O)Cc1ccc([N+](=O)[O-])o1. The second-order valence-electron chi connectivity index (χ2n) is 3.09. The molecule has 0 saturated carbocycles. The summed E-state index contributed by atoms with van der Waals surface area (Å²) in [5, 5.41) is 10.3.